The van der Waals surface area contributed by atoms with E-state index in [9.17, 15) is 0 Å². The van der Waals surface area contributed by atoms with Gasteiger partial charge in [-0.2, -0.15) is 5.26 Å². The van der Waals surface area contributed by atoms with Crippen molar-refractivity contribution >= 4 is 0 Å². The number of unbranched alkanes of at least 4 members (excludes halogenated alkanes) is 7. The lowest BCUT2D eigenvalue weighted by atomic mass is 10.1. The molecule has 0 unspecified atom stereocenters. The summed E-state index contributed by atoms with van der Waals surface area (Å²) < 4.78 is 5.07. The van der Waals surface area contributed by atoms with E-state index in [1.54, 1.807) is 0 Å². The van der Waals surface area contributed by atoms with E-state index in [-0.39, 0.29) is 6.61 Å². The monoisotopic (exact) mass is 209 g/mol. The number of ether oxygens (including phenoxy) is 1. The largest absolute Gasteiger partial charge is 0.367 e. The van der Waals surface area contributed by atoms with Gasteiger partial charge in [0.05, 0.1) is 6.07 Å². The molecule has 0 bridgehead atoms. The van der Waals surface area contributed by atoms with E-state index in [1.165, 1.54) is 38.5 Å². The fourth-order valence-corrected chi connectivity index (χ4v) is 1.49. The SMILES string of the molecule is C=CCCCCCCCCCOCC#N. The zero-order chi connectivity index (χ0) is 11.2. The van der Waals surface area contributed by atoms with Crippen molar-refractivity contribution in [1.82, 2.24) is 0 Å². The molecule has 0 fully saturated rings. The maximum atomic E-state index is 8.23. The van der Waals surface area contributed by atoms with E-state index >= 15 is 0 Å². The lowest BCUT2D eigenvalue weighted by Gasteiger charge is -2.01. The average Bonchev–Trinajstić information content (AvgIpc) is 2.26. The van der Waals surface area contributed by atoms with Crippen LogP contribution in [0.15, 0.2) is 12.7 Å². The van der Waals surface area contributed by atoms with Gasteiger partial charge in [-0.25, -0.2) is 0 Å². The minimum Gasteiger partial charge on any atom is -0.367 e. The van der Waals surface area contributed by atoms with Crippen LogP contribution in [-0.2, 0) is 4.74 Å². The lowest BCUT2D eigenvalue weighted by Crippen LogP contribution is -1.94. The first-order valence-corrected chi connectivity index (χ1v) is 5.97. The van der Waals surface area contributed by atoms with Crippen LogP contribution in [0.4, 0.5) is 0 Å². The van der Waals surface area contributed by atoms with E-state index < -0.39 is 0 Å². The molecule has 0 amide bonds. The highest BCUT2D eigenvalue weighted by atomic mass is 16.5. The molecule has 2 heteroatoms. The lowest BCUT2D eigenvalue weighted by molar-refractivity contribution is 0.160. The van der Waals surface area contributed by atoms with Gasteiger partial charge in [-0.05, 0) is 19.3 Å². The van der Waals surface area contributed by atoms with Crippen LogP contribution in [0.3, 0.4) is 0 Å². The topological polar surface area (TPSA) is 33.0 Å². The third kappa shape index (κ3) is 13.2. The fraction of sp³-hybridized carbons (Fsp3) is 0.769. The Morgan fingerprint density at radius 1 is 1.00 bits per heavy atom. The van der Waals surface area contributed by atoms with Gasteiger partial charge in [-0.3, -0.25) is 0 Å². The molecule has 0 atom stereocenters. The Balaban J connectivity index is 2.87. The molecule has 0 aliphatic heterocycles. The van der Waals surface area contributed by atoms with Gasteiger partial charge >= 0.3 is 0 Å². The molecular weight excluding hydrogens is 186 g/mol. The molecule has 0 spiro atoms. The summed E-state index contributed by atoms with van der Waals surface area (Å²) in [6, 6.07) is 1.97. The van der Waals surface area contributed by atoms with Crippen molar-refractivity contribution in [2.75, 3.05) is 13.2 Å². The number of allylic oxidation sites excluding steroid dienone is 1. The van der Waals surface area contributed by atoms with Crippen LogP contribution in [0.25, 0.3) is 0 Å². The molecule has 86 valence electrons. The molecule has 0 rings (SSSR count). The number of hydrogen-bond donors (Lipinski definition) is 0. The van der Waals surface area contributed by atoms with Crippen molar-refractivity contribution < 1.29 is 4.74 Å². The molecule has 0 saturated carbocycles. The Bertz CT molecular complexity index is 172. The zero-order valence-electron chi connectivity index (χ0n) is 9.71. The second-order valence-corrected chi connectivity index (χ2v) is 3.76. The molecular formula is C13H23NO. The molecule has 0 N–H and O–H groups in total. The molecule has 15 heavy (non-hydrogen) atoms. The second-order valence-electron chi connectivity index (χ2n) is 3.76. The van der Waals surface area contributed by atoms with Gasteiger partial charge in [0.2, 0.25) is 0 Å². The van der Waals surface area contributed by atoms with Crippen molar-refractivity contribution in [3.63, 3.8) is 0 Å². The molecule has 0 radical (unpaired) electrons. The van der Waals surface area contributed by atoms with Crippen molar-refractivity contribution in [3.05, 3.63) is 12.7 Å². The maximum absolute atomic E-state index is 8.23. The predicted octanol–water partition coefficient (Wildman–Crippen LogP) is 3.83. The summed E-state index contributed by atoms with van der Waals surface area (Å²) >= 11 is 0. The van der Waals surface area contributed by atoms with E-state index in [2.05, 4.69) is 6.58 Å². The quantitative estimate of drug-likeness (QED) is 0.382. The van der Waals surface area contributed by atoms with Crippen LogP contribution in [0, 0.1) is 11.3 Å². The minimum atomic E-state index is 0.238. The van der Waals surface area contributed by atoms with Crippen LogP contribution in [0.2, 0.25) is 0 Å². The van der Waals surface area contributed by atoms with Crippen LogP contribution < -0.4 is 0 Å². The van der Waals surface area contributed by atoms with Gasteiger partial charge in [-0.1, -0.05) is 38.2 Å². The first-order chi connectivity index (χ1) is 7.41. The smallest absolute Gasteiger partial charge is 0.133 e. The van der Waals surface area contributed by atoms with Crippen LogP contribution in [-0.4, -0.2) is 13.2 Å². The molecule has 0 heterocycles. The van der Waals surface area contributed by atoms with Crippen LogP contribution in [0.5, 0.6) is 0 Å². The summed E-state index contributed by atoms with van der Waals surface area (Å²) in [6.45, 7) is 4.68. The highest BCUT2D eigenvalue weighted by Crippen LogP contribution is 2.08. The highest BCUT2D eigenvalue weighted by Gasteiger charge is 1.91. The Labute approximate surface area is 93.9 Å². The van der Waals surface area contributed by atoms with Gasteiger partial charge in [0, 0.05) is 6.61 Å². The van der Waals surface area contributed by atoms with Crippen molar-refractivity contribution in [2.45, 2.75) is 51.4 Å². The summed E-state index contributed by atoms with van der Waals surface area (Å²) in [5.41, 5.74) is 0. The van der Waals surface area contributed by atoms with Gasteiger partial charge in [-0.15, -0.1) is 6.58 Å². The first kappa shape index (κ1) is 14.2. The molecule has 0 aliphatic rings. The van der Waals surface area contributed by atoms with Crippen molar-refractivity contribution in [3.8, 4) is 6.07 Å². The van der Waals surface area contributed by atoms with E-state index in [4.69, 9.17) is 10.00 Å². The number of rotatable bonds is 11. The Morgan fingerprint density at radius 3 is 2.20 bits per heavy atom. The predicted molar refractivity (Wildman–Crippen MR) is 63.6 cm³/mol. The maximum Gasteiger partial charge on any atom is 0.133 e. The van der Waals surface area contributed by atoms with E-state index in [1.807, 2.05) is 12.1 Å². The third-order valence-electron chi connectivity index (χ3n) is 2.36. The number of nitrogens with zero attached hydrogens (tertiary/aromatic N) is 1. The zero-order valence-corrected chi connectivity index (χ0v) is 9.71. The first-order valence-electron chi connectivity index (χ1n) is 5.97. The normalized spacial score (nSPS) is 9.80. The Hall–Kier alpha value is -0.810. The third-order valence-corrected chi connectivity index (χ3v) is 2.36. The number of nitriles is 1. The molecule has 0 aromatic heterocycles. The van der Waals surface area contributed by atoms with Gasteiger partial charge in [0.15, 0.2) is 0 Å². The summed E-state index contributed by atoms with van der Waals surface area (Å²) in [7, 11) is 0. The van der Waals surface area contributed by atoms with E-state index in [0.29, 0.717) is 0 Å². The number of hydrogen-bond acceptors (Lipinski definition) is 2. The molecule has 0 aromatic rings. The van der Waals surface area contributed by atoms with Gasteiger partial charge < -0.3 is 4.74 Å². The van der Waals surface area contributed by atoms with Crippen molar-refractivity contribution in [1.29, 1.82) is 5.26 Å². The summed E-state index contributed by atoms with van der Waals surface area (Å²) in [4.78, 5) is 0. The average molecular weight is 209 g/mol. The van der Waals surface area contributed by atoms with Crippen LogP contribution >= 0.6 is 0 Å². The second kappa shape index (κ2) is 13.2. The summed E-state index contributed by atoms with van der Waals surface area (Å²) in [5, 5.41) is 8.23. The molecule has 0 aliphatic carbocycles. The molecule has 0 saturated heterocycles. The van der Waals surface area contributed by atoms with Gasteiger partial charge in [0.25, 0.3) is 0 Å². The standard InChI is InChI=1S/C13H23NO/c1-2-3-4-5-6-7-8-9-10-12-15-13-11-14/h2H,1,3-10,12-13H2. The fourth-order valence-electron chi connectivity index (χ4n) is 1.49. The Morgan fingerprint density at radius 2 is 1.60 bits per heavy atom. The minimum absolute atomic E-state index is 0.238. The Kier molecular flexibility index (Phi) is 12.5. The van der Waals surface area contributed by atoms with Gasteiger partial charge in [0.1, 0.15) is 6.61 Å². The summed E-state index contributed by atoms with van der Waals surface area (Å²) in [5.74, 6) is 0. The van der Waals surface area contributed by atoms with Crippen molar-refractivity contribution in [2.24, 2.45) is 0 Å². The molecule has 0 aromatic carbocycles. The summed E-state index contributed by atoms with van der Waals surface area (Å²) in [6.07, 6.45) is 12.0. The van der Waals surface area contributed by atoms with Crippen LogP contribution in [0.1, 0.15) is 51.4 Å². The molecule has 2 nitrogen and oxygen atoms in total. The van der Waals surface area contributed by atoms with E-state index in [0.717, 1.165) is 19.4 Å². The highest BCUT2D eigenvalue weighted by molar-refractivity contribution is 4.66.